The minimum atomic E-state index is -0.745. The van der Waals surface area contributed by atoms with E-state index in [-0.39, 0.29) is 17.1 Å². The van der Waals surface area contributed by atoms with Gasteiger partial charge in [-0.15, -0.1) is 0 Å². The smallest absolute Gasteiger partial charge is 0.277 e. The summed E-state index contributed by atoms with van der Waals surface area (Å²) in [5.74, 6) is -0.997. The van der Waals surface area contributed by atoms with Crippen molar-refractivity contribution in [1.82, 2.24) is 19.7 Å². The first-order valence-electron chi connectivity index (χ1n) is 9.10. The molecule has 0 saturated heterocycles. The van der Waals surface area contributed by atoms with E-state index >= 15 is 0 Å². The van der Waals surface area contributed by atoms with Crippen LogP contribution in [0.1, 0.15) is 32.2 Å². The van der Waals surface area contributed by atoms with Crippen molar-refractivity contribution < 1.29 is 14.0 Å². The van der Waals surface area contributed by atoms with Gasteiger partial charge in [-0.1, -0.05) is 30.3 Å². The molecule has 0 aliphatic heterocycles. The number of aromatic nitrogens is 4. The molecule has 0 fully saturated rings. The fraction of sp³-hybridized carbons (Fsp3) is 0.0952. The molecule has 3 heterocycles. The average Bonchev–Trinajstić information content (AvgIpc) is 3.36. The number of rotatable bonds is 6. The number of carbonyl (C=O) groups excluding carboxylic acids is 2. The minimum Gasteiger partial charge on any atom is -0.444 e. The fourth-order valence-electron chi connectivity index (χ4n) is 2.92. The summed E-state index contributed by atoms with van der Waals surface area (Å²) in [5.41, 5.74) is 8.14. The molecule has 0 bridgehead atoms. The molecule has 0 aliphatic carbocycles. The van der Waals surface area contributed by atoms with Gasteiger partial charge in [-0.3, -0.25) is 19.3 Å². The zero-order valence-corrected chi connectivity index (χ0v) is 16.1. The second-order valence-electron chi connectivity index (χ2n) is 6.62. The fourth-order valence-corrected chi connectivity index (χ4v) is 2.92. The molecule has 3 aromatic heterocycles. The Bertz CT molecular complexity index is 1210. The predicted octanol–water partition coefficient (Wildman–Crippen LogP) is 2.64. The summed E-state index contributed by atoms with van der Waals surface area (Å²) in [4.78, 5) is 32.8. The Morgan fingerprint density at radius 3 is 2.73 bits per heavy atom. The molecule has 150 valence electrons. The highest BCUT2D eigenvalue weighted by molar-refractivity contribution is 6.07. The largest absolute Gasteiger partial charge is 0.444 e. The number of anilines is 1. The van der Waals surface area contributed by atoms with E-state index in [0.717, 1.165) is 11.3 Å². The Morgan fingerprint density at radius 2 is 2.00 bits per heavy atom. The maximum atomic E-state index is 12.6. The van der Waals surface area contributed by atoms with Crippen molar-refractivity contribution in [3.05, 3.63) is 83.8 Å². The molecule has 2 amide bonds. The van der Waals surface area contributed by atoms with Crippen LogP contribution in [0.15, 0.2) is 65.5 Å². The van der Waals surface area contributed by atoms with Gasteiger partial charge in [0.1, 0.15) is 6.26 Å². The summed E-state index contributed by atoms with van der Waals surface area (Å²) in [6.07, 6.45) is 4.44. The number of hydrogen-bond donors (Lipinski definition) is 2. The van der Waals surface area contributed by atoms with Crippen LogP contribution in [0, 0.1) is 6.92 Å². The molecular formula is C21H18N6O3. The Hall–Kier alpha value is -4.27. The van der Waals surface area contributed by atoms with Crippen LogP contribution in [0.4, 0.5) is 5.69 Å². The topological polar surface area (TPSA) is 129 Å². The molecule has 0 spiro atoms. The van der Waals surface area contributed by atoms with Gasteiger partial charge in [0.2, 0.25) is 5.89 Å². The number of nitrogens with zero attached hydrogens (tertiary/aromatic N) is 4. The number of benzene rings is 1. The summed E-state index contributed by atoms with van der Waals surface area (Å²) in [6.45, 7) is 2.27. The van der Waals surface area contributed by atoms with E-state index in [9.17, 15) is 9.59 Å². The minimum absolute atomic E-state index is 0.0345. The van der Waals surface area contributed by atoms with Crippen LogP contribution in [-0.4, -0.2) is 31.6 Å². The van der Waals surface area contributed by atoms with Gasteiger partial charge in [0.25, 0.3) is 11.8 Å². The normalized spacial score (nSPS) is 10.7. The van der Waals surface area contributed by atoms with E-state index < -0.39 is 11.8 Å². The van der Waals surface area contributed by atoms with E-state index in [0.29, 0.717) is 18.0 Å². The van der Waals surface area contributed by atoms with Gasteiger partial charge < -0.3 is 15.5 Å². The molecule has 9 nitrogen and oxygen atoms in total. The zero-order valence-electron chi connectivity index (χ0n) is 16.1. The Morgan fingerprint density at radius 1 is 1.20 bits per heavy atom. The number of hydrogen-bond acceptors (Lipinski definition) is 6. The van der Waals surface area contributed by atoms with Crippen molar-refractivity contribution in [2.45, 2.75) is 13.5 Å². The first kappa shape index (κ1) is 19.1. The molecule has 30 heavy (non-hydrogen) atoms. The lowest BCUT2D eigenvalue weighted by atomic mass is 10.2. The van der Waals surface area contributed by atoms with Crippen LogP contribution >= 0.6 is 0 Å². The Labute approximate surface area is 171 Å². The van der Waals surface area contributed by atoms with E-state index in [1.807, 2.05) is 37.3 Å². The number of oxazole rings is 1. The summed E-state index contributed by atoms with van der Waals surface area (Å²) in [5, 5.41) is 6.82. The SMILES string of the molecule is Cc1cc(-c2nc(C(=O)Nc3cn(Cc4ccccc4)nc3C(N)=O)co2)ccn1. The van der Waals surface area contributed by atoms with Gasteiger partial charge in [-0.25, -0.2) is 4.98 Å². The third-order valence-electron chi connectivity index (χ3n) is 4.31. The molecule has 0 atom stereocenters. The first-order valence-corrected chi connectivity index (χ1v) is 9.10. The zero-order chi connectivity index (χ0) is 21.1. The van der Waals surface area contributed by atoms with Gasteiger partial charge in [-0.05, 0) is 24.6 Å². The third-order valence-corrected chi connectivity index (χ3v) is 4.31. The second-order valence-corrected chi connectivity index (χ2v) is 6.62. The van der Waals surface area contributed by atoms with Crippen molar-refractivity contribution >= 4 is 17.5 Å². The van der Waals surface area contributed by atoms with Crippen LogP contribution in [0.5, 0.6) is 0 Å². The molecule has 3 N–H and O–H groups in total. The van der Waals surface area contributed by atoms with Crippen molar-refractivity contribution in [2.75, 3.05) is 5.32 Å². The number of amides is 2. The number of primary amides is 1. The molecule has 4 aromatic rings. The molecule has 0 radical (unpaired) electrons. The first-order chi connectivity index (χ1) is 14.5. The average molecular weight is 402 g/mol. The van der Waals surface area contributed by atoms with E-state index in [2.05, 4.69) is 20.4 Å². The summed E-state index contributed by atoms with van der Waals surface area (Å²) in [7, 11) is 0. The lowest BCUT2D eigenvalue weighted by molar-refractivity contribution is 0.0995. The van der Waals surface area contributed by atoms with Crippen LogP contribution in [0.25, 0.3) is 11.5 Å². The molecule has 9 heteroatoms. The lowest BCUT2D eigenvalue weighted by Crippen LogP contribution is -2.18. The predicted molar refractivity (Wildman–Crippen MR) is 109 cm³/mol. The standard InChI is InChI=1S/C21H18N6O3/c1-13-9-15(7-8-23-13)21-25-17(12-30-21)20(29)24-16-11-27(26-18(16)19(22)28)10-14-5-3-2-4-6-14/h2-9,11-12H,10H2,1H3,(H2,22,28)(H,24,29). The molecular weight excluding hydrogens is 384 g/mol. The second kappa shape index (κ2) is 8.00. The van der Waals surface area contributed by atoms with Crippen LogP contribution in [0.3, 0.4) is 0 Å². The number of nitrogens with one attached hydrogen (secondary N) is 1. The molecule has 1 aromatic carbocycles. The highest BCUT2D eigenvalue weighted by Crippen LogP contribution is 2.20. The van der Waals surface area contributed by atoms with Gasteiger partial charge in [0.15, 0.2) is 11.4 Å². The van der Waals surface area contributed by atoms with E-state index in [4.69, 9.17) is 10.2 Å². The van der Waals surface area contributed by atoms with Crippen LogP contribution in [-0.2, 0) is 6.54 Å². The van der Waals surface area contributed by atoms with Crippen molar-refractivity contribution in [2.24, 2.45) is 5.73 Å². The lowest BCUT2D eigenvalue weighted by Gasteiger charge is -2.01. The van der Waals surface area contributed by atoms with Crippen LogP contribution < -0.4 is 11.1 Å². The number of nitrogens with two attached hydrogens (primary N) is 1. The Kier molecular flexibility index (Phi) is 5.08. The van der Waals surface area contributed by atoms with E-state index in [1.165, 1.54) is 6.26 Å². The number of aryl methyl sites for hydroxylation is 1. The van der Waals surface area contributed by atoms with Crippen LogP contribution in [0.2, 0.25) is 0 Å². The summed E-state index contributed by atoms with van der Waals surface area (Å²) < 4.78 is 6.95. The van der Waals surface area contributed by atoms with Gasteiger partial charge in [0, 0.05) is 23.7 Å². The molecule has 0 unspecified atom stereocenters. The maximum Gasteiger partial charge on any atom is 0.277 e. The maximum absolute atomic E-state index is 12.6. The van der Waals surface area contributed by atoms with Gasteiger partial charge in [0.05, 0.1) is 12.2 Å². The van der Waals surface area contributed by atoms with Crippen molar-refractivity contribution in [3.63, 3.8) is 0 Å². The molecule has 4 rings (SSSR count). The quantitative estimate of drug-likeness (QED) is 0.510. The summed E-state index contributed by atoms with van der Waals surface area (Å²) >= 11 is 0. The van der Waals surface area contributed by atoms with Crippen molar-refractivity contribution in [1.29, 1.82) is 0 Å². The van der Waals surface area contributed by atoms with Crippen molar-refractivity contribution in [3.8, 4) is 11.5 Å². The third kappa shape index (κ3) is 4.09. The van der Waals surface area contributed by atoms with Gasteiger partial charge in [-0.2, -0.15) is 5.10 Å². The highest BCUT2D eigenvalue weighted by atomic mass is 16.3. The molecule has 0 aliphatic rings. The number of carbonyl (C=O) groups is 2. The Balaban J connectivity index is 1.55. The molecule has 0 saturated carbocycles. The van der Waals surface area contributed by atoms with Gasteiger partial charge >= 0.3 is 0 Å². The number of pyridine rings is 1. The highest BCUT2D eigenvalue weighted by Gasteiger charge is 2.20. The summed E-state index contributed by atoms with van der Waals surface area (Å²) in [6, 6.07) is 13.1. The monoisotopic (exact) mass is 402 g/mol. The van der Waals surface area contributed by atoms with E-state index in [1.54, 1.807) is 29.2 Å².